The number of nitrogens with zero attached hydrogens (tertiary/aromatic N) is 1. The van der Waals surface area contributed by atoms with Gasteiger partial charge in [0.25, 0.3) is 0 Å². The molecule has 1 aliphatic carbocycles. The first-order valence-corrected chi connectivity index (χ1v) is 9.51. The fourth-order valence-electron chi connectivity index (χ4n) is 4.01. The van der Waals surface area contributed by atoms with Crippen LogP contribution in [0.3, 0.4) is 0 Å². The van der Waals surface area contributed by atoms with Gasteiger partial charge >= 0.3 is 6.03 Å². The zero-order chi connectivity index (χ0) is 17.7. The third kappa shape index (κ3) is 3.97. The van der Waals surface area contributed by atoms with Gasteiger partial charge in [-0.05, 0) is 38.2 Å². The van der Waals surface area contributed by atoms with Crippen LogP contribution in [0.15, 0.2) is 30.3 Å². The molecule has 5 nitrogen and oxygen atoms in total. The number of amides is 3. The minimum absolute atomic E-state index is 0.0313. The first-order valence-electron chi connectivity index (χ1n) is 9.51. The topological polar surface area (TPSA) is 61.4 Å². The predicted octanol–water partition coefficient (Wildman–Crippen LogP) is 2.67. The molecule has 0 spiro atoms. The van der Waals surface area contributed by atoms with Crippen LogP contribution >= 0.6 is 0 Å². The molecule has 2 fully saturated rings. The van der Waals surface area contributed by atoms with Crippen LogP contribution in [0.4, 0.5) is 4.79 Å². The van der Waals surface area contributed by atoms with Gasteiger partial charge in [0.2, 0.25) is 5.91 Å². The number of likely N-dealkylation sites (tertiary alicyclic amines) is 1. The lowest BCUT2D eigenvalue weighted by Crippen LogP contribution is -2.52. The van der Waals surface area contributed by atoms with Crippen LogP contribution < -0.4 is 10.6 Å². The van der Waals surface area contributed by atoms with Crippen molar-refractivity contribution in [3.63, 3.8) is 0 Å². The summed E-state index contributed by atoms with van der Waals surface area (Å²) in [6.07, 6.45) is 5.22. The van der Waals surface area contributed by atoms with E-state index in [1.807, 2.05) is 13.0 Å². The lowest BCUT2D eigenvalue weighted by Gasteiger charge is -2.43. The van der Waals surface area contributed by atoms with E-state index in [9.17, 15) is 9.59 Å². The van der Waals surface area contributed by atoms with E-state index in [1.165, 1.54) is 12.0 Å². The maximum atomic E-state index is 12.6. The molecule has 25 heavy (non-hydrogen) atoms. The molecule has 0 radical (unpaired) electrons. The van der Waals surface area contributed by atoms with Crippen molar-refractivity contribution in [1.82, 2.24) is 15.5 Å². The van der Waals surface area contributed by atoms with Gasteiger partial charge < -0.3 is 15.5 Å². The highest BCUT2D eigenvalue weighted by Crippen LogP contribution is 2.43. The van der Waals surface area contributed by atoms with Gasteiger partial charge in [-0.1, -0.05) is 36.8 Å². The summed E-state index contributed by atoms with van der Waals surface area (Å²) >= 11 is 0. The van der Waals surface area contributed by atoms with Crippen molar-refractivity contribution in [1.29, 1.82) is 0 Å². The molecule has 1 heterocycles. The first-order chi connectivity index (χ1) is 12.1. The van der Waals surface area contributed by atoms with Crippen LogP contribution in [0.25, 0.3) is 0 Å². The lowest BCUT2D eigenvalue weighted by atomic mass is 9.64. The Balaban J connectivity index is 1.56. The summed E-state index contributed by atoms with van der Waals surface area (Å²) in [5, 5.41) is 6.01. The number of benzene rings is 1. The van der Waals surface area contributed by atoms with E-state index in [-0.39, 0.29) is 23.3 Å². The average molecular weight is 343 g/mol. The van der Waals surface area contributed by atoms with Crippen LogP contribution in [0.5, 0.6) is 0 Å². The Morgan fingerprint density at radius 1 is 1.16 bits per heavy atom. The number of nitrogens with one attached hydrogen (secondary N) is 2. The number of carbonyl (C=O) groups excluding carboxylic acids is 2. The van der Waals surface area contributed by atoms with Crippen molar-refractivity contribution in [2.75, 3.05) is 26.2 Å². The Hall–Kier alpha value is -2.04. The Labute approximate surface area is 150 Å². The van der Waals surface area contributed by atoms with E-state index in [0.29, 0.717) is 19.6 Å². The van der Waals surface area contributed by atoms with Crippen LogP contribution in [0.2, 0.25) is 0 Å². The Kier molecular flexibility index (Phi) is 5.61. The third-order valence-electron chi connectivity index (χ3n) is 5.71. The highest BCUT2D eigenvalue weighted by atomic mass is 16.2. The van der Waals surface area contributed by atoms with Crippen molar-refractivity contribution in [3.8, 4) is 0 Å². The minimum atomic E-state index is -0.0776. The molecule has 1 aromatic carbocycles. The molecular weight excluding hydrogens is 314 g/mol. The number of hydrogen-bond acceptors (Lipinski definition) is 2. The summed E-state index contributed by atoms with van der Waals surface area (Å²) in [5.41, 5.74) is 1.41. The zero-order valence-electron chi connectivity index (χ0n) is 15.1. The van der Waals surface area contributed by atoms with Crippen molar-refractivity contribution in [2.24, 2.45) is 5.92 Å². The zero-order valence-corrected chi connectivity index (χ0v) is 15.1. The Morgan fingerprint density at radius 3 is 2.56 bits per heavy atom. The normalized spacial score (nSPS) is 22.0. The van der Waals surface area contributed by atoms with Crippen molar-refractivity contribution >= 4 is 11.9 Å². The van der Waals surface area contributed by atoms with Crippen molar-refractivity contribution in [3.05, 3.63) is 35.9 Å². The summed E-state index contributed by atoms with van der Waals surface area (Å²) in [5.74, 6) is -0.00835. The van der Waals surface area contributed by atoms with Gasteiger partial charge in [0.15, 0.2) is 0 Å². The molecule has 0 bridgehead atoms. The quantitative estimate of drug-likeness (QED) is 0.863. The monoisotopic (exact) mass is 343 g/mol. The van der Waals surface area contributed by atoms with Gasteiger partial charge in [0.1, 0.15) is 0 Å². The second-order valence-electron chi connectivity index (χ2n) is 7.34. The minimum Gasteiger partial charge on any atom is -0.356 e. The second kappa shape index (κ2) is 7.89. The average Bonchev–Trinajstić information content (AvgIpc) is 2.62. The largest absolute Gasteiger partial charge is 0.356 e. The standard InChI is InChI=1S/C20H29N3O2/c1-2-21-18(24)16-8-6-13-23(14-16)19(25)22-15-20(11-7-12-20)17-9-4-3-5-10-17/h3-5,9-10,16H,2,6-8,11-15H2,1H3,(H,21,24)(H,22,25)/t16-/m0/s1. The maximum absolute atomic E-state index is 12.6. The first kappa shape index (κ1) is 17.8. The highest BCUT2D eigenvalue weighted by molar-refractivity contribution is 5.80. The smallest absolute Gasteiger partial charge is 0.317 e. The van der Waals surface area contributed by atoms with E-state index in [0.717, 1.165) is 32.2 Å². The number of urea groups is 1. The number of rotatable bonds is 5. The number of piperidine rings is 1. The fraction of sp³-hybridized carbons (Fsp3) is 0.600. The van der Waals surface area contributed by atoms with Crippen LogP contribution in [-0.2, 0) is 10.2 Å². The van der Waals surface area contributed by atoms with Crippen molar-refractivity contribution < 1.29 is 9.59 Å². The molecule has 2 aliphatic rings. The molecule has 1 atom stereocenters. The third-order valence-corrected chi connectivity index (χ3v) is 5.71. The summed E-state index contributed by atoms with van der Waals surface area (Å²) in [7, 11) is 0. The van der Waals surface area contributed by atoms with Crippen LogP contribution in [-0.4, -0.2) is 43.0 Å². The van der Waals surface area contributed by atoms with Crippen LogP contribution in [0, 0.1) is 5.92 Å². The van der Waals surface area contributed by atoms with E-state index in [4.69, 9.17) is 0 Å². The maximum Gasteiger partial charge on any atom is 0.317 e. The Morgan fingerprint density at radius 2 is 1.92 bits per heavy atom. The molecule has 2 N–H and O–H groups in total. The molecule has 1 saturated heterocycles. The van der Waals surface area contributed by atoms with E-state index in [1.54, 1.807) is 4.90 Å². The van der Waals surface area contributed by atoms with Gasteiger partial charge in [-0.15, -0.1) is 0 Å². The second-order valence-corrected chi connectivity index (χ2v) is 7.34. The molecule has 1 saturated carbocycles. The van der Waals surface area contributed by atoms with Gasteiger partial charge in [-0.25, -0.2) is 4.79 Å². The molecule has 5 heteroatoms. The predicted molar refractivity (Wildman–Crippen MR) is 98.4 cm³/mol. The number of carbonyl (C=O) groups is 2. The lowest BCUT2D eigenvalue weighted by molar-refractivity contribution is -0.126. The molecule has 1 aliphatic heterocycles. The van der Waals surface area contributed by atoms with Gasteiger partial charge in [0, 0.05) is 31.6 Å². The molecule has 0 unspecified atom stereocenters. The molecule has 3 amide bonds. The molecule has 0 aromatic heterocycles. The highest BCUT2D eigenvalue weighted by Gasteiger charge is 2.39. The Bertz CT molecular complexity index is 598. The summed E-state index contributed by atoms with van der Waals surface area (Å²) in [4.78, 5) is 26.5. The van der Waals surface area contributed by atoms with Gasteiger partial charge in [-0.3, -0.25) is 4.79 Å². The molecule has 3 rings (SSSR count). The molecular formula is C20H29N3O2. The SMILES string of the molecule is CCNC(=O)[C@H]1CCCN(C(=O)NCC2(c3ccccc3)CCC2)C1. The number of hydrogen-bond donors (Lipinski definition) is 2. The summed E-state index contributed by atoms with van der Waals surface area (Å²) < 4.78 is 0. The molecule has 136 valence electrons. The van der Waals surface area contributed by atoms with Crippen molar-refractivity contribution in [2.45, 2.75) is 44.4 Å². The van der Waals surface area contributed by atoms with Gasteiger partial charge in [0.05, 0.1) is 5.92 Å². The van der Waals surface area contributed by atoms with E-state index < -0.39 is 0 Å². The molecule has 1 aromatic rings. The van der Waals surface area contributed by atoms with E-state index in [2.05, 4.69) is 34.9 Å². The van der Waals surface area contributed by atoms with Crippen LogP contribution in [0.1, 0.15) is 44.6 Å². The summed E-state index contributed by atoms with van der Waals surface area (Å²) in [6.45, 7) is 4.50. The fourth-order valence-corrected chi connectivity index (χ4v) is 4.01. The van der Waals surface area contributed by atoms with E-state index >= 15 is 0 Å². The van der Waals surface area contributed by atoms with Gasteiger partial charge in [-0.2, -0.15) is 0 Å². The summed E-state index contributed by atoms with van der Waals surface area (Å²) in [6, 6.07) is 10.5.